The molecule has 5 aliphatic rings. The molecule has 5 atom stereocenters. The highest BCUT2D eigenvalue weighted by molar-refractivity contribution is 5.82. The van der Waals surface area contributed by atoms with Crippen LogP contribution in [0.25, 0.3) is 0 Å². The third-order valence-corrected chi connectivity index (χ3v) is 7.26. The molecule has 2 saturated carbocycles. The van der Waals surface area contributed by atoms with Crippen molar-refractivity contribution in [1.29, 1.82) is 0 Å². The van der Waals surface area contributed by atoms with E-state index in [1.54, 1.807) is 0 Å². The van der Waals surface area contributed by atoms with Gasteiger partial charge in [-0.05, 0) is 50.9 Å². The average Bonchev–Trinajstić information content (AvgIpc) is 3.15. The zero-order valence-corrected chi connectivity index (χ0v) is 15.7. The molecule has 0 spiro atoms. The molecule has 0 radical (unpaired) electrons. The largest absolute Gasteiger partial charge is 0.453 e. The van der Waals surface area contributed by atoms with E-state index in [1.165, 1.54) is 13.5 Å². The van der Waals surface area contributed by atoms with Gasteiger partial charge in [0.1, 0.15) is 0 Å². The van der Waals surface area contributed by atoms with Crippen LogP contribution in [-0.2, 0) is 9.53 Å². The molecule has 5 unspecified atom stereocenters. The highest BCUT2D eigenvalue weighted by Crippen LogP contribution is 2.54. The van der Waals surface area contributed by atoms with Gasteiger partial charge in [-0.25, -0.2) is 4.79 Å². The van der Waals surface area contributed by atoms with E-state index >= 15 is 0 Å². The first kappa shape index (κ1) is 17.1. The number of likely N-dealkylation sites (tertiary alicyclic amines) is 1. The lowest BCUT2D eigenvalue weighted by Gasteiger charge is -2.51. The Hall–Kier alpha value is -1.30. The van der Waals surface area contributed by atoms with E-state index in [0.29, 0.717) is 35.7 Å². The smallest absolute Gasteiger partial charge is 0.409 e. The van der Waals surface area contributed by atoms with Gasteiger partial charge in [-0.3, -0.25) is 9.69 Å². The van der Waals surface area contributed by atoms with Gasteiger partial charge < -0.3 is 14.5 Å². The van der Waals surface area contributed by atoms with Crippen LogP contribution in [0.15, 0.2) is 0 Å². The van der Waals surface area contributed by atoms with E-state index in [9.17, 15) is 9.59 Å². The minimum Gasteiger partial charge on any atom is -0.453 e. The second kappa shape index (κ2) is 6.45. The lowest BCUT2D eigenvalue weighted by atomic mass is 9.75. The van der Waals surface area contributed by atoms with Gasteiger partial charge in [0.05, 0.1) is 7.11 Å². The second-order valence-electron chi connectivity index (χ2n) is 8.23. The molecule has 2 bridgehead atoms. The van der Waals surface area contributed by atoms with Crippen molar-refractivity contribution < 1.29 is 14.3 Å². The monoisotopic (exact) mass is 349 g/mol. The lowest BCUT2D eigenvalue weighted by Crippen LogP contribution is -2.60. The Kier molecular flexibility index (Phi) is 4.42. The van der Waals surface area contributed by atoms with E-state index in [4.69, 9.17) is 4.74 Å². The summed E-state index contributed by atoms with van der Waals surface area (Å²) < 4.78 is 4.94. The highest BCUT2D eigenvalue weighted by atomic mass is 16.5. The second-order valence-corrected chi connectivity index (χ2v) is 8.23. The Morgan fingerprint density at radius 3 is 2.28 bits per heavy atom. The fourth-order valence-electron chi connectivity index (χ4n) is 5.82. The first-order valence-electron chi connectivity index (χ1n) is 9.96. The molecule has 0 aromatic heterocycles. The number of methoxy groups -OCH3 is 1. The molecule has 5 fully saturated rings. The summed E-state index contributed by atoms with van der Waals surface area (Å²) in [6, 6.07) is 0.934. The molecule has 25 heavy (non-hydrogen) atoms. The van der Waals surface area contributed by atoms with E-state index in [2.05, 4.69) is 18.7 Å². The topological polar surface area (TPSA) is 53.1 Å². The molecule has 6 nitrogen and oxygen atoms in total. The van der Waals surface area contributed by atoms with Crippen LogP contribution in [0, 0.1) is 23.7 Å². The Morgan fingerprint density at radius 1 is 1.08 bits per heavy atom. The fraction of sp³-hybridized carbons (Fsp3) is 0.895. The number of amides is 2. The molecule has 2 aliphatic carbocycles. The van der Waals surface area contributed by atoms with E-state index < -0.39 is 0 Å². The molecule has 3 saturated heterocycles. The predicted octanol–water partition coefficient (Wildman–Crippen LogP) is 1.65. The van der Waals surface area contributed by atoms with Crippen molar-refractivity contribution in [2.24, 2.45) is 23.7 Å². The molecule has 3 aliphatic heterocycles. The van der Waals surface area contributed by atoms with Gasteiger partial charge in [-0.15, -0.1) is 0 Å². The van der Waals surface area contributed by atoms with Crippen molar-refractivity contribution >= 4 is 12.0 Å². The summed E-state index contributed by atoms with van der Waals surface area (Å²) in [7, 11) is 1.48. The van der Waals surface area contributed by atoms with Crippen molar-refractivity contribution in [2.75, 3.05) is 39.8 Å². The van der Waals surface area contributed by atoms with Gasteiger partial charge in [0.2, 0.25) is 5.91 Å². The zero-order valence-electron chi connectivity index (χ0n) is 15.7. The minimum atomic E-state index is -0.165. The predicted molar refractivity (Wildman–Crippen MR) is 94.0 cm³/mol. The summed E-state index contributed by atoms with van der Waals surface area (Å²) >= 11 is 0. The number of nitrogens with zero attached hydrogens (tertiary/aromatic N) is 3. The standard InChI is InChI=1S/C19H31N3O3/c1-4-20(5-2)18(23)17-14-10-21(11-15(14)17)16-8-13-7-6-12(16)9-22(13)19(24)25-3/h12-17H,4-11H2,1-3H3. The van der Waals surface area contributed by atoms with Gasteiger partial charge in [0, 0.05) is 50.7 Å². The zero-order chi connectivity index (χ0) is 17.7. The third-order valence-electron chi connectivity index (χ3n) is 7.26. The van der Waals surface area contributed by atoms with Crippen LogP contribution in [0.5, 0.6) is 0 Å². The van der Waals surface area contributed by atoms with Gasteiger partial charge in [0.25, 0.3) is 0 Å². The quantitative estimate of drug-likeness (QED) is 0.774. The van der Waals surface area contributed by atoms with Gasteiger partial charge in [-0.1, -0.05) is 0 Å². The maximum atomic E-state index is 12.6. The number of carbonyl (C=O) groups is 2. The fourth-order valence-corrected chi connectivity index (χ4v) is 5.82. The lowest BCUT2D eigenvalue weighted by molar-refractivity contribution is -0.133. The SMILES string of the molecule is CCN(CC)C(=O)C1C2CN(C3CC4CCC3CN4C(=O)OC)CC21. The van der Waals surface area contributed by atoms with Crippen molar-refractivity contribution in [1.82, 2.24) is 14.7 Å². The Morgan fingerprint density at radius 2 is 1.76 bits per heavy atom. The molecule has 3 heterocycles. The molecule has 2 amide bonds. The number of carbonyl (C=O) groups excluding carboxylic acids is 2. The first-order chi connectivity index (χ1) is 12.1. The number of piperidine rings is 3. The summed E-state index contributed by atoms with van der Waals surface area (Å²) in [5.41, 5.74) is 0. The van der Waals surface area contributed by atoms with Gasteiger partial charge in [0.15, 0.2) is 0 Å². The van der Waals surface area contributed by atoms with Crippen LogP contribution in [0.3, 0.4) is 0 Å². The van der Waals surface area contributed by atoms with Crippen LogP contribution < -0.4 is 0 Å². The van der Waals surface area contributed by atoms with Crippen molar-refractivity contribution in [3.63, 3.8) is 0 Å². The molecule has 0 N–H and O–H groups in total. The first-order valence-corrected chi connectivity index (χ1v) is 9.96. The average molecular weight is 349 g/mol. The van der Waals surface area contributed by atoms with Crippen molar-refractivity contribution in [3.05, 3.63) is 0 Å². The van der Waals surface area contributed by atoms with Crippen LogP contribution in [0.2, 0.25) is 0 Å². The highest BCUT2D eigenvalue weighted by Gasteiger charge is 2.61. The van der Waals surface area contributed by atoms with E-state index in [0.717, 1.165) is 45.6 Å². The Bertz CT molecular complexity index is 538. The Balaban J connectivity index is 1.34. The van der Waals surface area contributed by atoms with Crippen LogP contribution in [0.1, 0.15) is 33.1 Å². The van der Waals surface area contributed by atoms with Gasteiger partial charge in [-0.2, -0.15) is 0 Å². The summed E-state index contributed by atoms with van der Waals surface area (Å²) in [5, 5.41) is 0. The summed E-state index contributed by atoms with van der Waals surface area (Å²) in [6.45, 7) is 8.78. The van der Waals surface area contributed by atoms with Crippen LogP contribution in [0.4, 0.5) is 4.79 Å². The molecular formula is C19H31N3O3. The van der Waals surface area contributed by atoms with Crippen molar-refractivity contribution in [2.45, 2.75) is 45.2 Å². The molecule has 0 aromatic carbocycles. The maximum Gasteiger partial charge on any atom is 0.409 e. The molecule has 0 aromatic rings. The van der Waals surface area contributed by atoms with Crippen molar-refractivity contribution in [3.8, 4) is 0 Å². The Labute approximate surface area is 150 Å². The number of fused-ring (bicyclic) bond motifs is 4. The number of rotatable bonds is 4. The summed E-state index contributed by atoms with van der Waals surface area (Å²) in [4.78, 5) is 31.1. The van der Waals surface area contributed by atoms with E-state index in [1.807, 2.05) is 9.80 Å². The number of hydrogen-bond donors (Lipinski definition) is 0. The number of hydrogen-bond acceptors (Lipinski definition) is 4. The molecule has 6 heteroatoms. The van der Waals surface area contributed by atoms with E-state index in [-0.39, 0.29) is 12.0 Å². The molecule has 140 valence electrons. The number of ether oxygens (including phenoxy) is 1. The maximum absolute atomic E-state index is 12.6. The van der Waals surface area contributed by atoms with Crippen LogP contribution in [-0.4, -0.2) is 78.6 Å². The third kappa shape index (κ3) is 2.73. The minimum absolute atomic E-state index is 0.165. The normalized spacial score (nSPS) is 39.2. The summed E-state index contributed by atoms with van der Waals surface area (Å²) in [5.74, 6) is 2.37. The summed E-state index contributed by atoms with van der Waals surface area (Å²) in [6.07, 6.45) is 3.24. The molecule has 5 rings (SSSR count). The molecular weight excluding hydrogens is 318 g/mol. The van der Waals surface area contributed by atoms with Gasteiger partial charge >= 0.3 is 6.09 Å². The van der Waals surface area contributed by atoms with Crippen LogP contribution >= 0.6 is 0 Å².